The van der Waals surface area contributed by atoms with Crippen LogP contribution < -0.4 is 5.73 Å². The third-order valence-electron chi connectivity index (χ3n) is 3.07. The molecule has 0 radical (unpaired) electrons. The van der Waals surface area contributed by atoms with Gasteiger partial charge in [0.1, 0.15) is 12.2 Å². The van der Waals surface area contributed by atoms with E-state index in [1.807, 2.05) is 11.6 Å². The molecule has 1 aliphatic carbocycles. The second-order valence-corrected chi connectivity index (χ2v) is 4.03. The number of nitrogens with zero attached hydrogens (tertiary/aromatic N) is 3. The zero-order chi connectivity index (χ0) is 10.1. The van der Waals surface area contributed by atoms with Gasteiger partial charge in [-0.3, -0.25) is 0 Å². The van der Waals surface area contributed by atoms with E-state index in [0.29, 0.717) is 12.5 Å². The van der Waals surface area contributed by atoms with Gasteiger partial charge in [0.05, 0.1) is 6.10 Å². The van der Waals surface area contributed by atoms with Crippen molar-refractivity contribution in [2.24, 2.45) is 18.7 Å². The quantitative estimate of drug-likeness (QED) is 0.818. The molecule has 0 unspecified atom stereocenters. The van der Waals surface area contributed by atoms with Crippen LogP contribution in [0.4, 0.5) is 0 Å². The number of hydrogen-bond donors (Lipinski definition) is 2. The molecule has 1 aromatic heterocycles. The molecule has 1 saturated carbocycles. The van der Waals surface area contributed by atoms with Crippen molar-refractivity contribution in [3.05, 3.63) is 12.2 Å². The maximum atomic E-state index is 9.71. The van der Waals surface area contributed by atoms with Crippen LogP contribution in [0, 0.1) is 5.92 Å². The average molecular weight is 269 g/mol. The lowest BCUT2D eigenvalue weighted by Gasteiger charge is -2.09. The Morgan fingerprint density at radius 2 is 2.19 bits per heavy atom. The van der Waals surface area contributed by atoms with E-state index in [1.165, 1.54) is 0 Å². The SMILES string of the molecule is Cl.Cl.Cn1cnnc1[C@H]1C[C@H](CN)[C@H](O)C1. The summed E-state index contributed by atoms with van der Waals surface area (Å²) in [5.74, 6) is 1.49. The lowest BCUT2D eigenvalue weighted by molar-refractivity contribution is 0.136. The number of hydrogen-bond acceptors (Lipinski definition) is 4. The number of nitrogens with two attached hydrogens (primary N) is 1. The first-order valence-electron chi connectivity index (χ1n) is 4.94. The Morgan fingerprint density at radius 3 is 2.62 bits per heavy atom. The molecule has 1 fully saturated rings. The summed E-state index contributed by atoms with van der Waals surface area (Å²) in [6.45, 7) is 0.551. The van der Waals surface area contributed by atoms with Crippen LogP contribution in [0.15, 0.2) is 6.33 Å². The summed E-state index contributed by atoms with van der Waals surface area (Å²) in [6.07, 6.45) is 3.09. The molecular formula is C9H18Cl2N4O. The molecule has 2 rings (SSSR count). The highest BCUT2D eigenvalue weighted by atomic mass is 35.5. The second-order valence-electron chi connectivity index (χ2n) is 4.03. The highest BCUT2D eigenvalue weighted by Crippen LogP contribution is 2.36. The molecule has 5 nitrogen and oxygen atoms in total. The molecule has 0 aromatic carbocycles. The van der Waals surface area contributed by atoms with Gasteiger partial charge in [0.15, 0.2) is 0 Å². The molecule has 3 N–H and O–H groups in total. The number of aryl methyl sites for hydroxylation is 1. The second kappa shape index (κ2) is 6.39. The molecule has 0 amide bonds. The van der Waals surface area contributed by atoms with Gasteiger partial charge in [-0.15, -0.1) is 35.0 Å². The molecule has 7 heteroatoms. The Hall–Kier alpha value is -0.360. The van der Waals surface area contributed by atoms with E-state index < -0.39 is 0 Å². The molecule has 0 spiro atoms. The third kappa shape index (κ3) is 2.85. The fourth-order valence-corrected chi connectivity index (χ4v) is 2.23. The average Bonchev–Trinajstić information content (AvgIpc) is 2.71. The number of rotatable bonds is 2. The minimum absolute atomic E-state index is 0. The van der Waals surface area contributed by atoms with Gasteiger partial charge in [0.2, 0.25) is 0 Å². The maximum absolute atomic E-state index is 9.71. The minimum atomic E-state index is -0.276. The first kappa shape index (κ1) is 15.6. The summed E-state index contributed by atoms with van der Waals surface area (Å²) < 4.78 is 1.91. The molecule has 1 heterocycles. The number of halogens is 2. The van der Waals surface area contributed by atoms with Gasteiger partial charge in [-0.2, -0.15) is 0 Å². The Morgan fingerprint density at radius 1 is 1.50 bits per heavy atom. The molecule has 1 aliphatic rings. The van der Waals surface area contributed by atoms with Crippen LogP contribution in [-0.4, -0.2) is 32.5 Å². The van der Waals surface area contributed by atoms with Crippen LogP contribution in [-0.2, 0) is 7.05 Å². The monoisotopic (exact) mass is 268 g/mol. The highest BCUT2D eigenvalue weighted by Gasteiger charge is 2.34. The van der Waals surface area contributed by atoms with Crippen LogP contribution in [0.3, 0.4) is 0 Å². The van der Waals surface area contributed by atoms with Gasteiger partial charge in [-0.1, -0.05) is 0 Å². The van der Waals surface area contributed by atoms with Gasteiger partial charge in [0.25, 0.3) is 0 Å². The van der Waals surface area contributed by atoms with E-state index in [0.717, 1.165) is 18.7 Å². The van der Waals surface area contributed by atoms with E-state index in [1.54, 1.807) is 6.33 Å². The zero-order valence-corrected chi connectivity index (χ0v) is 10.7. The fourth-order valence-electron chi connectivity index (χ4n) is 2.23. The van der Waals surface area contributed by atoms with Crippen LogP contribution in [0.2, 0.25) is 0 Å². The Labute approximate surface area is 107 Å². The molecule has 0 bridgehead atoms. The van der Waals surface area contributed by atoms with Crippen molar-refractivity contribution in [1.82, 2.24) is 14.8 Å². The van der Waals surface area contributed by atoms with Crippen molar-refractivity contribution in [2.75, 3.05) is 6.54 Å². The number of aromatic nitrogens is 3. The normalized spacial score (nSPS) is 28.3. The van der Waals surface area contributed by atoms with Crippen LogP contribution in [0.5, 0.6) is 0 Å². The minimum Gasteiger partial charge on any atom is -0.393 e. The van der Waals surface area contributed by atoms with Crippen molar-refractivity contribution in [3.63, 3.8) is 0 Å². The summed E-state index contributed by atoms with van der Waals surface area (Å²) in [5.41, 5.74) is 5.58. The van der Waals surface area contributed by atoms with Crippen molar-refractivity contribution in [2.45, 2.75) is 24.9 Å². The third-order valence-corrected chi connectivity index (χ3v) is 3.07. The molecule has 0 aliphatic heterocycles. The molecule has 1 aromatic rings. The standard InChI is InChI=1S/C9H16N4O.2ClH/c1-13-5-11-12-9(13)6-2-7(4-10)8(14)3-6;;/h5-8,14H,2-4,10H2,1H3;2*1H/t6-,7+,8+;;/m0../s1. The van der Waals surface area contributed by atoms with Gasteiger partial charge in [0, 0.05) is 13.0 Å². The Balaban J connectivity index is 0.00000112. The molecule has 3 atom stereocenters. The molecular weight excluding hydrogens is 251 g/mol. The summed E-state index contributed by atoms with van der Waals surface area (Å²) in [7, 11) is 1.93. The molecule has 16 heavy (non-hydrogen) atoms. The topological polar surface area (TPSA) is 77.0 Å². The maximum Gasteiger partial charge on any atom is 0.135 e. The summed E-state index contributed by atoms with van der Waals surface area (Å²) in [6, 6.07) is 0. The van der Waals surface area contributed by atoms with Crippen LogP contribution >= 0.6 is 24.8 Å². The van der Waals surface area contributed by atoms with Gasteiger partial charge in [-0.25, -0.2) is 0 Å². The summed E-state index contributed by atoms with van der Waals surface area (Å²) in [4.78, 5) is 0. The largest absolute Gasteiger partial charge is 0.393 e. The number of aliphatic hydroxyl groups excluding tert-OH is 1. The highest BCUT2D eigenvalue weighted by molar-refractivity contribution is 5.85. The first-order valence-corrected chi connectivity index (χ1v) is 4.94. The number of aliphatic hydroxyl groups is 1. The predicted octanol–water partition coefficient (Wildman–Crippen LogP) is 0.472. The van der Waals surface area contributed by atoms with E-state index in [2.05, 4.69) is 10.2 Å². The molecule has 0 saturated heterocycles. The van der Waals surface area contributed by atoms with Crippen molar-refractivity contribution >= 4 is 24.8 Å². The predicted molar refractivity (Wildman–Crippen MR) is 66.0 cm³/mol. The van der Waals surface area contributed by atoms with E-state index >= 15 is 0 Å². The zero-order valence-electron chi connectivity index (χ0n) is 9.11. The summed E-state index contributed by atoms with van der Waals surface area (Å²) in [5, 5.41) is 17.6. The van der Waals surface area contributed by atoms with E-state index in [9.17, 15) is 5.11 Å². The van der Waals surface area contributed by atoms with E-state index in [-0.39, 0.29) is 36.8 Å². The van der Waals surface area contributed by atoms with Gasteiger partial charge >= 0.3 is 0 Å². The Bertz CT molecular complexity index is 320. The van der Waals surface area contributed by atoms with E-state index in [4.69, 9.17) is 5.73 Å². The van der Waals surface area contributed by atoms with Crippen LogP contribution in [0.25, 0.3) is 0 Å². The molecule has 94 valence electrons. The van der Waals surface area contributed by atoms with Gasteiger partial charge < -0.3 is 15.4 Å². The fraction of sp³-hybridized carbons (Fsp3) is 0.778. The lowest BCUT2D eigenvalue weighted by Crippen LogP contribution is -2.21. The van der Waals surface area contributed by atoms with Crippen LogP contribution in [0.1, 0.15) is 24.6 Å². The van der Waals surface area contributed by atoms with Crippen molar-refractivity contribution in [3.8, 4) is 0 Å². The van der Waals surface area contributed by atoms with Crippen molar-refractivity contribution < 1.29 is 5.11 Å². The summed E-state index contributed by atoms with van der Waals surface area (Å²) >= 11 is 0. The lowest BCUT2D eigenvalue weighted by atomic mass is 10.0. The van der Waals surface area contributed by atoms with Crippen molar-refractivity contribution in [1.29, 1.82) is 0 Å². The van der Waals surface area contributed by atoms with Gasteiger partial charge in [-0.05, 0) is 25.3 Å². The Kier molecular flexibility index (Phi) is 6.25. The first-order chi connectivity index (χ1) is 6.72. The smallest absolute Gasteiger partial charge is 0.135 e.